The highest BCUT2D eigenvalue weighted by Gasteiger charge is 2.01. The van der Waals surface area contributed by atoms with Gasteiger partial charge in [0.25, 0.3) is 0 Å². The molecule has 0 aliphatic heterocycles. The van der Waals surface area contributed by atoms with Crippen LogP contribution in [-0.4, -0.2) is 38.8 Å². The summed E-state index contributed by atoms with van der Waals surface area (Å²) in [6, 6.07) is 6.87. The zero-order valence-corrected chi connectivity index (χ0v) is 16.4. The van der Waals surface area contributed by atoms with E-state index in [0.717, 1.165) is 50.7 Å². The maximum absolute atomic E-state index is 13.5. The fourth-order valence-electron chi connectivity index (χ4n) is 2.01. The van der Waals surface area contributed by atoms with Crippen molar-refractivity contribution in [1.82, 2.24) is 10.6 Å². The average molecular weight is 437 g/mol. The first kappa shape index (κ1) is 22.1. The van der Waals surface area contributed by atoms with Crippen LogP contribution < -0.4 is 10.6 Å². The van der Waals surface area contributed by atoms with E-state index in [1.54, 1.807) is 6.07 Å². The van der Waals surface area contributed by atoms with Gasteiger partial charge in [-0.25, -0.2) is 4.39 Å². The Morgan fingerprint density at radius 3 is 2.65 bits per heavy atom. The molecule has 0 atom stereocenters. The topological polar surface area (TPSA) is 45.7 Å². The number of ether oxygens (including phenoxy) is 1. The first-order chi connectivity index (χ1) is 10.8. The lowest BCUT2D eigenvalue weighted by atomic mass is 10.1. The van der Waals surface area contributed by atoms with Crippen molar-refractivity contribution in [1.29, 1.82) is 0 Å². The Morgan fingerprint density at radius 2 is 1.96 bits per heavy atom. The largest absolute Gasteiger partial charge is 0.382 e. The van der Waals surface area contributed by atoms with Crippen molar-refractivity contribution in [3.05, 3.63) is 35.6 Å². The highest BCUT2D eigenvalue weighted by molar-refractivity contribution is 14.0. The van der Waals surface area contributed by atoms with E-state index in [9.17, 15) is 4.39 Å². The Balaban J connectivity index is 0.00000484. The predicted octanol–water partition coefficient (Wildman–Crippen LogP) is 3.36. The molecule has 0 unspecified atom stereocenters. The number of hydrogen-bond donors (Lipinski definition) is 2. The molecule has 4 nitrogen and oxygen atoms in total. The van der Waals surface area contributed by atoms with Crippen LogP contribution in [0.25, 0.3) is 0 Å². The summed E-state index contributed by atoms with van der Waals surface area (Å²) in [5.41, 5.74) is 0.725. The predicted molar refractivity (Wildman–Crippen MR) is 105 cm³/mol. The van der Waals surface area contributed by atoms with E-state index in [1.165, 1.54) is 6.07 Å². The van der Waals surface area contributed by atoms with Gasteiger partial charge in [-0.2, -0.15) is 0 Å². The molecule has 0 fully saturated rings. The summed E-state index contributed by atoms with van der Waals surface area (Å²) in [6.45, 7) is 7.83. The third-order valence-corrected chi connectivity index (χ3v) is 3.16. The number of aliphatic imine (C=N–C) groups is 1. The van der Waals surface area contributed by atoms with Crippen molar-refractivity contribution in [2.24, 2.45) is 4.99 Å². The molecule has 0 bridgehead atoms. The van der Waals surface area contributed by atoms with Gasteiger partial charge in [0, 0.05) is 32.8 Å². The molecule has 1 rings (SSSR count). The molecule has 6 heteroatoms. The van der Waals surface area contributed by atoms with Gasteiger partial charge in [-0.05, 0) is 44.7 Å². The summed E-state index contributed by atoms with van der Waals surface area (Å²) < 4.78 is 18.8. The Hall–Kier alpha value is -0.890. The summed E-state index contributed by atoms with van der Waals surface area (Å²) in [6.07, 6.45) is 2.66. The Kier molecular flexibility index (Phi) is 14.1. The minimum Gasteiger partial charge on any atom is -0.382 e. The molecule has 0 amide bonds. The van der Waals surface area contributed by atoms with Gasteiger partial charge in [0.1, 0.15) is 5.82 Å². The van der Waals surface area contributed by atoms with E-state index in [2.05, 4.69) is 15.6 Å². The molecular weight excluding hydrogens is 408 g/mol. The van der Waals surface area contributed by atoms with Crippen LogP contribution in [0.4, 0.5) is 4.39 Å². The molecule has 132 valence electrons. The van der Waals surface area contributed by atoms with Crippen molar-refractivity contribution in [2.75, 3.05) is 32.8 Å². The van der Waals surface area contributed by atoms with Crippen LogP contribution >= 0.6 is 24.0 Å². The molecule has 1 aromatic rings. The second-order valence-electron chi connectivity index (χ2n) is 4.93. The monoisotopic (exact) mass is 437 g/mol. The zero-order chi connectivity index (χ0) is 16.0. The maximum Gasteiger partial charge on any atom is 0.191 e. The van der Waals surface area contributed by atoms with E-state index in [0.29, 0.717) is 13.0 Å². The normalized spacial score (nSPS) is 11.0. The number of halogens is 2. The third kappa shape index (κ3) is 10.5. The SMILES string of the molecule is CCNC(=NCCCCOCC)NCCc1ccccc1F.I. The van der Waals surface area contributed by atoms with Gasteiger partial charge in [-0.15, -0.1) is 24.0 Å². The van der Waals surface area contributed by atoms with Crippen LogP contribution in [0.3, 0.4) is 0 Å². The van der Waals surface area contributed by atoms with Crippen LogP contribution in [0.15, 0.2) is 29.3 Å². The van der Waals surface area contributed by atoms with Crippen LogP contribution in [0.2, 0.25) is 0 Å². The number of guanidine groups is 1. The quantitative estimate of drug-likeness (QED) is 0.256. The number of nitrogens with one attached hydrogen (secondary N) is 2. The Bertz CT molecular complexity index is 444. The lowest BCUT2D eigenvalue weighted by Gasteiger charge is -2.11. The van der Waals surface area contributed by atoms with Crippen molar-refractivity contribution in [3.8, 4) is 0 Å². The molecule has 0 saturated carbocycles. The lowest BCUT2D eigenvalue weighted by Crippen LogP contribution is -2.38. The molecule has 23 heavy (non-hydrogen) atoms. The standard InChI is InChI=1S/C17H28FN3O.HI/c1-3-19-17(20-12-7-8-14-22-4-2)21-13-11-15-9-5-6-10-16(15)18;/h5-6,9-10H,3-4,7-8,11-14H2,1-2H3,(H2,19,20,21);1H. The van der Waals surface area contributed by atoms with E-state index < -0.39 is 0 Å². The van der Waals surface area contributed by atoms with Gasteiger partial charge in [0.15, 0.2) is 5.96 Å². The molecule has 0 aliphatic rings. The molecule has 0 saturated heterocycles. The first-order valence-electron chi connectivity index (χ1n) is 8.11. The third-order valence-electron chi connectivity index (χ3n) is 3.16. The van der Waals surface area contributed by atoms with Crippen molar-refractivity contribution in [3.63, 3.8) is 0 Å². The summed E-state index contributed by atoms with van der Waals surface area (Å²) in [5.74, 6) is 0.636. The summed E-state index contributed by atoms with van der Waals surface area (Å²) >= 11 is 0. The van der Waals surface area contributed by atoms with Gasteiger partial charge in [0.2, 0.25) is 0 Å². The van der Waals surface area contributed by atoms with Crippen LogP contribution in [-0.2, 0) is 11.2 Å². The lowest BCUT2D eigenvalue weighted by molar-refractivity contribution is 0.144. The summed E-state index contributed by atoms with van der Waals surface area (Å²) in [4.78, 5) is 4.51. The zero-order valence-electron chi connectivity index (χ0n) is 14.1. The smallest absolute Gasteiger partial charge is 0.191 e. The summed E-state index contributed by atoms with van der Waals surface area (Å²) in [5, 5.41) is 6.44. The first-order valence-corrected chi connectivity index (χ1v) is 8.11. The van der Waals surface area contributed by atoms with Gasteiger partial charge in [0.05, 0.1) is 0 Å². The second kappa shape index (κ2) is 14.7. The van der Waals surface area contributed by atoms with Gasteiger partial charge in [-0.3, -0.25) is 4.99 Å². The van der Waals surface area contributed by atoms with E-state index in [-0.39, 0.29) is 29.8 Å². The number of nitrogens with zero attached hydrogens (tertiary/aromatic N) is 1. The maximum atomic E-state index is 13.5. The van der Waals surface area contributed by atoms with Crippen molar-refractivity contribution < 1.29 is 9.13 Å². The number of rotatable bonds is 10. The van der Waals surface area contributed by atoms with E-state index in [4.69, 9.17) is 4.74 Å². The van der Waals surface area contributed by atoms with Gasteiger partial charge in [-0.1, -0.05) is 18.2 Å². The number of benzene rings is 1. The molecular formula is C17H29FIN3O. The van der Waals surface area contributed by atoms with Gasteiger partial charge >= 0.3 is 0 Å². The molecule has 0 aliphatic carbocycles. The van der Waals surface area contributed by atoms with Crippen molar-refractivity contribution >= 4 is 29.9 Å². The number of unbranched alkanes of at least 4 members (excludes halogenated alkanes) is 1. The van der Waals surface area contributed by atoms with Crippen molar-refractivity contribution in [2.45, 2.75) is 33.1 Å². The fourth-order valence-corrected chi connectivity index (χ4v) is 2.01. The highest BCUT2D eigenvalue weighted by Crippen LogP contribution is 2.06. The summed E-state index contributed by atoms with van der Waals surface area (Å²) in [7, 11) is 0. The minimum atomic E-state index is -0.151. The molecule has 0 radical (unpaired) electrons. The van der Waals surface area contributed by atoms with Gasteiger partial charge < -0.3 is 15.4 Å². The fraction of sp³-hybridized carbons (Fsp3) is 0.588. The van der Waals surface area contributed by atoms with E-state index >= 15 is 0 Å². The molecule has 0 aromatic heterocycles. The Morgan fingerprint density at radius 1 is 1.17 bits per heavy atom. The van der Waals surface area contributed by atoms with Crippen LogP contribution in [0.5, 0.6) is 0 Å². The van der Waals surface area contributed by atoms with E-state index in [1.807, 2.05) is 26.0 Å². The average Bonchev–Trinajstić information content (AvgIpc) is 2.52. The molecule has 1 aromatic carbocycles. The van der Waals surface area contributed by atoms with Crippen LogP contribution in [0, 0.1) is 5.82 Å². The van der Waals surface area contributed by atoms with Crippen LogP contribution in [0.1, 0.15) is 32.3 Å². The highest BCUT2D eigenvalue weighted by atomic mass is 127. The second-order valence-corrected chi connectivity index (χ2v) is 4.93. The molecule has 0 heterocycles. The minimum absolute atomic E-state index is 0. The number of hydrogen-bond acceptors (Lipinski definition) is 2. The molecule has 0 spiro atoms. The molecule has 2 N–H and O–H groups in total. The Labute approximate surface area is 156 Å².